The van der Waals surface area contributed by atoms with Crippen LogP contribution in [0.25, 0.3) is 0 Å². The van der Waals surface area contributed by atoms with E-state index in [1.807, 2.05) is 27.2 Å². The molecule has 0 aliphatic heterocycles. The highest BCUT2D eigenvalue weighted by Gasteiger charge is 2.23. The molecule has 0 aliphatic rings. The fourth-order valence-corrected chi connectivity index (χ4v) is 12.3. The van der Waals surface area contributed by atoms with E-state index in [1.165, 1.54) is 308 Å². The van der Waals surface area contributed by atoms with E-state index in [1.54, 1.807) is 6.08 Å². The first-order chi connectivity index (χ1) is 42.5. The maximum absolute atomic E-state index is 13.1. The van der Waals surface area contributed by atoms with E-state index in [9.17, 15) is 19.4 Å². The lowest BCUT2D eigenvalue weighted by atomic mass is 10.0. The number of allylic oxidation sites excluding steroid dienone is 9. The molecule has 0 saturated heterocycles. The van der Waals surface area contributed by atoms with Gasteiger partial charge in [0, 0.05) is 6.42 Å². The van der Waals surface area contributed by atoms with Crippen LogP contribution in [0.4, 0.5) is 0 Å². The normalized spacial score (nSPS) is 13.9. The van der Waals surface area contributed by atoms with Gasteiger partial charge in [0.05, 0.1) is 39.9 Å². The Bertz CT molecular complexity index is 1600. The number of hydrogen-bond acceptors (Lipinski definition) is 6. The molecule has 0 aromatic heterocycles. The number of nitrogens with one attached hydrogen (secondary N) is 1. The van der Waals surface area contributed by atoms with Crippen molar-refractivity contribution < 1.29 is 32.9 Å². The highest BCUT2D eigenvalue weighted by Crippen LogP contribution is 2.38. The van der Waals surface area contributed by atoms with Gasteiger partial charge in [-0.3, -0.25) is 9.36 Å². The Morgan fingerprint density at radius 2 is 0.678 bits per heavy atom. The number of likely N-dealkylation sites (N-methyl/N-ethyl adjacent to an activating group) is 1. The Hall–Kier alpha value is -1.80. The molecule has 3 atom stereocenters. The van der Waals surface area contributed by atoms with Crippen LogP contribution in [-0.2, 0) is 18.4 Å². The predicted octanol–water partition coefficient (Wildman–Crippen LogP) is 24.1. The monoisotopic (exact) mass is 1240 g/mol. The van der Waals surface area contributed by atoms with Gasteiger partial charge in [-0.25, -0.2) is 0 Å². The third kappa shape index (κ3) is 71.5. The minimum Gasteiger partial charge on any atom is -0.756 e. The summed E-state index contributed by atoms with van der Waals surface area (Å²) in [6.45, 7) is 4.67. The first-order valence-electron chi connectivity index (χ1n) is 38.2. The highest BCUT2D eigenvalue weighted by atomic mass is 31.2. The van der Waals surface area contributed by atoms with E-state index in [-0.39, 0.29) is 12.5 Å². The van der Waals surface area contributed by atoms with Crippen molar-refractivity contribution in [3.05, 3.63) is 60.8 Å². The standard InChI is InChI=1S/C78H149N2O6P/c1-6-8-10-12-14-16-18-20-22-24-26-28-30-32-34-36-37-38-39-40-41-42-43-44-46-48-50-52-54-56-58-60-62-64-66-68-70-72-78(82)79-76(75-86-87(83,84)85-74-73-80(3,4)5)77(81)71-69-67-65-63-61-59-57-55-53-51-49-47-45-35-33-31-29-27-25-23-21-19-17-15-13-11-9-7-2/h18,20,24,26,30,32,61,63,69,71,76-77,81H,6-17,19,21-23,25,27-29,31,33-60,62,64-68,70,72-75H2,1-5H3,(H-,79,82,83,84)/b20-18-,26-24-,32-30-,63-61+,71-69+. The van der Waals surface area contributed by atoms with Crippen LogP contribution in [0.1, 0.15) is 380 Å². The molecule has 0 aromatic carbocycles. The maximum atomic E-state index is 13.1. The van der Waals surface area contributed by atoms with Crippen molar-refractivity contribution in [2.24, 2.45) is 0 Å². The molecule has 0 radical (unpaired) electrons. The van der Waals surface area contributed by atoms with Gasteiger partial charge in [-0.15, -0.1) is 0 Å². The SMILES string of the molecule is CCCCCCC/C=C\C/C=C\C/C=C\CCCCCCCCCCCCCCCCCCCCCCCCC(=O)NC(COP(=O)([O-])OCC[N+](C)(C)C)C(O)/C=C/CC/C=C/CCCCCCCCCCCCCCCCCCCCCCCC. The molecule has 1 amide bonds. The van der Waals surface area contributed by atoms with Crippen LogP contribution >= 0.6 is 7.82 Å². The number of phosphoric acid groups is 1. The maximum Gasteiger partial charge on any atom is 0.268 e. The molecule has 0 spiro atoms. The van der Waals surface area contributed by atoms with Crippen molar-refractivity contribution >= 4 is 13.7 Å². The summed E-state index contributed by atoms with van der Waals surface area (Å²) in [5.41, 5.74) is 0. The summed E-state index contributed by atoms with van der Waals surface area (Å²) in [4.78, 5) is 25.7. The number of carbonyl (C=O) groups is 1. The fraction of sp³-hybridized carbons (Fsp3) is 0.859. The molecule has 87 heavy (non-hydrogen) atoms. The average molecular weight is 1240 g/mol. The smallest absolute Gasteiger partial charge is 0.268 e. The molecule has 0 rings (SSSR count). The van der Waals surface area contributed by atoms with Gasteiger partial charge < -0.3 is 28.8 Å². The molecule has 3 unspecified atom stereocenters. The minimum absolute atomic E-state index is 0.00558. The van der Waals surface area contributed by atoms with Crippen LogP contribution in [-0.4, -0.2) is 68.5 Å². The Kier molecular flexibility index (Phi) is 67.1. The Morgan fingerprint density at radius 3 is 1.01 bits per heavy atom. The number of unbranched alkanes of at least 4 members (excludes halogenated alkanes) is 50. The van der Waals surface area contributed by atoms with Gasteiger partial charge in [0.15, 0.2) is 0 Å². The third-order valence-electron chi connectivity index (χ3n) is 17.4. The molecule has 0 fully saturated rings. The van der Waals surface area contributed by atoms with E-state index >= 15 is 0 Å². The summed E-state index contributed by atoms with van der Waals surface area (Å²) in [6, 6.07) is -0.906. The molecule has 9 heteroatoms. The molecular formula is C78H149N2O6P. The second kappa shape index (κ2) is 68.6. The number of aliphatic hydroxyl groups excluding tert-OH is 1. The van der Waals surface area contributed by atoms with Gasteiger partial charge in [0.1, 0.15) is 13.2 Å². The summed E-state index contributed by atoms with van der Waals surface area (Å²) in [7, 11) is 1.26. The Morgan fingerprint density at radius 1 is 0.402 bits per heavy atom. The van der Waals surface area contributed by atoms with Crippen LogP contribution in [0.3, 0.4) is 0 Å². The molecule has 0 aromatic rings. The number of quaternary nitrogens is 1. The Labute approximate surface area is 542 Å². The third-order valence-corrected chi connectivity index (χ3v) is 18.4. The van der Waals surface area contributed by atoms with Gasteiger partial charge in [-0.1, -0.05) is 364 Å². The molecule has 0 bridgehead atoms. The summed E-state index contributed by atoms with van der Waals surface area (Å²) in [5, 5.41) is 14.0. The van der Waals surface area contributed by atoms with Crippen LogP contribution in [0, 0.1) is 0 Å². The number of carbonyl (C=O) groups excluding carboxylic acids is 1. The van der Waals surface area contributed by atoms with Crippen molar-refractivity contribution in [2.75, 3.05) is 40.9 Å². The number of hydrogen-bond donors (Lipinski definition) is 2. The lowest BCUT2D eigenvalue weighted by Gasteiger charge is -2.29. The first kappa shape index (κ1) is 85.2. The summed E-state index contributed by atoms with van der Waals surface area (Å²) < 4.78 is 23.5. The number of nitrogens with zero attached hydrogens (tertiary/aromatic N) is 1. The number of amides is 1. The summed E-state index contributed by atoms with van der Waals surface area (Å²) in [6.07, 6.45) is 95.2. The predicted molar refractivity (Wildman–Crippen MR) is 381 cm³/mol. The number of aliphatic hydroxyl groups is 1. The second-order valence-electron chi connectivity index (χ2n) is 27.4. The van der Waals surface area contributed by atoms with Crippen molar-refractivity contribution in [3.63, 3.8) is 0 Å². The largest absolute Gasteiger partial charge is 0.756 e. The van der Waals surface area contributed by atoms with Crippen molar-refractivity contribution in [1.29, 1.82) is 0 Å². The topological polar surface area (TPSA) is 108 Å². The molecule has 8 nitrogen and oxygen atoms in total. The van der Waals surface area contributed by atoms with E-state index in [0.717, 1.165) is 51.4 Å². The van der Waals surface area contributed by atoms with E-state index in [2.05, 4.69) is 67.8 Å². The van der Waals surface area contributed by atoms with Crippen LogP contribution in [0.15, 0.2) is 60.8 Å². The van der Waals surface area contributed by atoms with Crippen LogP contribution < -0.4 is 10.2 Å². The van der Waals surface area contributed by atoms with Crippen molar-refractivity contribution in [3.8, 4) is 0 Å². The lowest BCUT2D eigenvalue weighted by molar-refractivity contribution is -0.870. The molecule has 0 aliphatic carbocycles. The van der Waals surface area contributed by atoms with Gasteiger partial charge in [-0.05, 0) is 70.6 Å². The van der Waals surface area contributed by atoms with Crippen LogP contribution in [0.5, 0.6) is 0 Å². The molecule has 0 heterocycles. The van der Waals surface area contributed by atoms with E-state index < -0.39 is 26.6 Å². The zero-order valence-electron chi connectivity index (χ0n) is 58.7. The van der Waals surface area contributed by atoms with Gasteiger partial charge >= 0.3 is 0 Å². The zero-order chi connectivity index (χ0) is 63.4. The molecule has 2 N–H and O–H groups in total. The van der Waals surface area contributed by atoms with E-state index in [0.29, 0.717) is 17.4 Å². The van der Waals surface area contributed by atoms with Gasteiger partial charge in [-0.2, -0.15) is 0 Å². The fourth-order valence-electron chi connectivity index (χ4n) is 11.5. The summed E-state index contributed by atoms with van der Waals surface area (Å²) >= 11 is 0. The number of phosphoric ester groups is 1. The van der Waals surface area contributed by atoms with Crippen molar-refractivity contribution in [2.45, 2.75) is 392 Å². The highest BCUT2D eigenvalue weighted by molar-refractivity contribution is 7.45. The van der Waals surface area contributed by atoms with Gasteiger partial charge in [0.2, 0.25) is 5.91 Å². The van der Waals surface area contributed by atoms with Crippen molar-refractivity contribution in [1.82, 2.24) is 5.32 Å². The van der Waals surface area contributed by atoms with E-state index in [4.69, 9.17) is 9.05 Å². The molecule has 0 saturated carbocycles. The van der Waals surface area contributed by atoms with Crippen LogP contribution in [0.2, 0.25) is 0 Å². The summed E-state index contributed by atoms with van der Waals surface area (Å²) in [5.74, 6) is -0.200. The molecular weight excluding hydrogens is 1090 g/mol. The quantitative estimate of drug-likeness (QED) is 0.0272. The first-order valence-corrected chi connectivity index (χ1v) is 39.6. The molecule has 512 valence electrons. The second-order valence-corrected chi connectivity index (χ2v) is 28.8. The average Bonchev–Trinajstić information content (AvgIpc) is 3.70. The zero-order valence-corrected chi connectivity index (χ0v) is 59.6. The van der Waals surface area contributed by atoms with Gasteiger partial charge in [0.25, 0.3) is 7.82 Å². The minimum atomic E-state index is -4.61. The number of rotatable bonds is 71. The lowest BCUT2D eigenvalue weighted by Crippen LogP contribution is -2.45. The Balaban J connectivity index is 4.01.